The minimum absolute atomic E-state index is 0.144. The summed E-state index contributed by atoms with van der Waals surface area (Å²) >= 11 is 6.25. The number of nitrogens with one attached hydrogen (secondary N) is 1. The predicted molar refractivity (Wildman–Crippen MR) is 107 cm³/mol. The number of amides is 1. The van der Waals surface area contributed by atoms with Crippen LogP contribution in [0.2, 0.25) is 5.02 Å². The average molecular weight is 409 g/mol. The number of carbonyl (C=O) groups excluding carboxylic acids is 1. The van der Waals surface area contributed by atoms with Gasteiger partial charge < -0.3 is 10.1 Å². The molecular weight excluding hydrogens is 388 g/mol. The third kappa shape index (κ3) is 4.73. The smallest absolute Gasteiger partial charge is 0.235 e. The van der Waals surface area contributed by atoms with Crippen LogP contribution in [0.25, 0.3) is 0 Å². The molecule has 1 aliphatic heterocycles. The second-order valence-corrected chi connectivity index (χ2v) is 8.63. The first-order chi connectivity index (χ1) is 12.9. The molecule has 1 fully saturated rings. The fraction of sp³-hybridized carbons (Fsp3) is 0.316. The van der Waals surface area contributed by atoms with Gasteiger partial charge in [-0.05, 0) is 49.2 Å². The minimum Gasteiger partial charge on any atom is -0.494 e. The Morgan fingerprint density at radius 3 is 2.56 bits per heavy atom. The zero-order valence-electron chi connectivity index (χ0n) is 14.9. The van der Waals surface area contributed by atoms with Crippen molar-refractivity contribution in [2.45, 2.75) is 19.8 Å². The monoisotopic (exact) mass is 408 g/mol. The highest BCUT2D eigenvalue weighted by Gasteiger charge is 2.28. The molecule has 1 amide bonds. The van der Waals surface area contributed by atoms with Crippen molar-refractivity contribution >= 4 is 38.9 Å². The van der Waals surface area contributed by atoms with Crippen molar-refractivity contribution in [3.05, 3.63) is 53.1 Å². The summed E-state index contributed by atoms with van der Waals surface area (Å²) < 4.78 is 30.7. The van der Waals surface area contributed by atoms with E-state index in [9.17, 15) is 13.2 Å². The van der Waals surface area contributed by atoms with E-state index in [1.807, 2.05) is 31.2 Å². The summed E-state index contributed by atoms with van der Waals surface area (Å²) in [6.45, 7) is 2.95. The third-order valence-corrected chi connectivity index (χ3v) is 6.40. The topological polar surface area (TPSA) is 75.7 Å². The molecule has 2 aromatic rings. The van der Waals surface area contributed by atoms with Crippen LogP contribution < -0.4 is 14.4 Å². The molecule has 0 spiro atoms. The fourth-order valence-corrected chi connectivity index (χ4v) is 4.72. The Hall–Kier alpha value is -2.25. The zero-order chi connectivity index (χ0) is 19.4. The van der Waals surface area contributed by atoms with Gasteiger partial charge in [-0.25, -0.2) is 8.42 Å². The lowest BCUT2D eigenvalue weighted by Gasteiger charge is -2.18. The van der Waals surface area contributed by atoms with Crippen LogP contribution in [0.4, 0.5) is 11.4 Å². The van der Waals surface area contributed by atoms with Gasteiger partial charge in [0.25, 0.3) is 0 Å². The van der Waals surface area contributed by atoms with E-state index in [0.29, 0.717) is 36.0 Å². The van der Waals surface area contributed by atoms with Crippen LogP contribution in [0.15, 0.2) is 42.5 Å². The summed E-state index contributed by atoms with van der Waals surface area (Å²) in [7, 11) is -3.26. The first-order valence-corrected chi connectivity index (χ1v) is 10.7. The molecule has 0 unspecified atom stereocenters. The van der Waals surface area contributed by atoms with Gasteiger partial charge in [0.05, 0.1) is 35.2 Å². The highest BCUT2D eigenvalue weighted by molar-refractivity contribution is 7.93. The van der Waals surface area contributed by atoms with Gasteiger partial charge in [0.15, 0.2) is 0 Å². The van der Waals surface area contributed by atoms with Gasteiger partial charge in [0.1, 0.15) is 5.75 Å². The van der Waals surface area contributed by atoms with Gasteiger partial charge in [0, 0.05) is 6.54 Å². The molecule has 0 atom stereocenters. The molecule has 0 bridgehead atoms. The summed E-state index contributed by atoms with van der Waals surface area (Å²) in [5.74, 6) is 0.699. The van der Waals surface area contributed by atoms with Crippen LogP contribution in [0.1, 0.15) is 18.9 Å². The van der Waals surface area contributed by atoms with E-state index in [-0.39, 0.29) is 18.1 Å². The van der Waals surface area contributed by atoms with Crippen LogP contribution in [0.5, 0.6) is 5.75 Å². The van der Waals surface area contributed by atoms with Crippen molar-refractivity contribution in [2.75, 3.05) is 28.5 Å². The van der Waals surface area contributed by atoms with Gasteiger partial charge in [0.2, 0.25) is 15.9 Å². The third-order valence-electron chi connectivity index (χ3n) is 4.21. The first kappa shape index (κ1) is 19.5. The summed E-state index contributed by atoms with van der Waals surface area (Å²) in [4.78, 5) is 12.3. The molecule has 1 N–H and O–H groups in total. The van der Waals surface area contributed by atoms with E-state index < -0.39 is 10.0 Å². The molecule has 8 heteroatoms. The van der Waals surface area contributed by atoms with Crippen molar-refractivity contribution in [3.8, 4) is 5.75 Å². The number of sulfonamides is 1. The molecule has 0 radical (unpaired) electrons. The van der Waals surface area contributed by atoms with Gasteiger partial charge in [-0.1, -0.05) is 23.7 Å². The van der Waals surface area contributed by atoms with E-state index in [1.165, 1.54) is 4.31 Å². The molecule has 1 saturated heterocycles. The van der Waals surface area contributed by atoms with E-state index in [2.05, 4.69) is 5.32 Å². The quantitative estimate of drug-likeness (QED) is 0.794. The fourth-order valence-electron chi connectivity index (χ4n) is 2.94. The number of halogens is 1. The zero-order valence-corrected chi connectivity index (χ0v) is 16.5. The standard InChI is InChI=1S/C19H21ClN2O4S/c1-2-26-16-7-4-14(5-8-16)12-19(23)21-18-9-6-15(13-17(18)20)22-10-3-11-27(22,24)25/h4-9,13H,2-3,10-12H2,1H3,(H,21,23). The molecule has 2 aromatic carbocycles. The first-order valence-electron chi connectivity index (χ1n) is 8.70. The van der Waals surface area contributed by atoms with Crippen molar-refractivity contribution < 1.29 is 17.9 Å². The Bertz CT molecular complexity index is 929. The van der Waals surface area contributed by atoms with Gasteiger partial charge >= 0.3 is 0 Å². The maximum Gasteiger partial charge on any atom is 0.235 e. The average Bonchev–Trinajstić information content (AvgIpc) is 2.98. The number of nitrogens with zero attached hydrogens (tertiary/aromatic N) is 1. The van der Waals surface area contributed by atoms with Crippen LogP contribution in [0, 0.1) is 0 Å². The second-order valence-electron chi connectivity index (χ2n) is 6.21. The number of carbonyl (C=O) groups is 1. The molecular formula is C19H21ClN2O4S. The molecule has 1 heterocycles. The Morgan fingerprint density at radius 1 is 1.22 bits per heavy atom. The van der Waals surface area contributed by atoms with E-state index in [4.69, 9.17) is 16.3 Å². The molecule has 1 aliphatic rings. The number of anilines is 2. The lowest BCUT2D eigenvalue weighted by molar-refractivity contribution is -0.115. The lowest BCUT2D eigenvalue weighted by atomic mass is 10.1. The van der Waals surface area contributed by atoms with Crippen LogP contribution in [-0.4, -0.2) is 33.2 Å². The highest BCUT2D eigenvalue weighted by Crippen LogP contribution is 2.31. The van der Waals surface area contributed by atoms with E-state index in [1.54, 1.807) is 18.2 Å². The Balaban J connectivity index is 1.65. The minimum atomic E-state index is -3.26. The van der Waals surface area contributed by atoms with E-state index >= 15 is 0 Å². The second kappa shape index (κ2) is 8.19. The summed E-state index contributed by atoms with van der Waals surface area (Å²) in [5.41, 5.74) is 1.82. The molecule has 6 nitrogen and oxygen atoms in total. The van der Waals surface area contributed by atoms with Gasteiger partial charge in [-0.15, -0.1) is 0 Å². The molecule has 0 saturated carbocycles. The normalized spacial score (nSPS) is 15.6. The maximum absolute atomic E-state index is 12.3. The lowest BCUT2D eigenvalue weighted by Crippen LogP contribution is -2.25. The highest BCUT2D eigenvalue weighted by atomic mass is 35.5. The van der Waals surface area contributed by atoms with Crippen LogP contribution in [-0.2, 0) is 21.2 Å². The Morgan fingerprint density at radius 2 is 1.96 bits per heavy atom. The number of ether oxygens (including phenoxy) is 1. The van der Waals surface area contributed by atoms with Gasteiger partial charge in [-0.2, -0.15) is 0 Å². The summed E-state index contributed by atoms with van der Waals surface area (Å²) in [6, 6.07) is 12.2. The largest absolute Gasteiger partial charge is 0.494 e. The van der Waals surface area contributed by atoms with Crippen molar-refractivity contribution in [3.63, 3.8) is 0 Å². The summed E-state index contributed by atoms with van der Waals surface area (Å²) in [5, 5.41) is 3.07. The van der Waals surface area contributed by atoms with Crippen molar-refractivity contribution in [1.82, 2.24) is 0 Å². The van der Waals surface area contributed by atoms with Gasteiger partial charge in [-0.3, -0.25) is 9.10 Å². The number of rotatable bonds is 6. The Labute approximate surface area is 164 Å². The molecule has 3 rings (SSSR count). The number of benzene rings is 2. The number of hydrogen-bond acceptors (Lipinski definition) is 4. The molecule has 144 valence electrons. The summed E-state index contributed by atoms with van der Waals surface area (Å²) in [6.07, 6.45) is 0.797. The van der Waals surface area contributed by atoms with Crippen molar-refractivity contribution in [2.24, 2.45) is 0 Å². The number of hydrogen-bond donors (Lipinski definition) is 1. The molecule has 27 heavy (non-hydrogen) atoms. The SMILES string of the molecule is CCOc1ccc(CC(=O)Nc2ccc(N3CCCS3(=O)=O)cc2Cl)cc1. The van der Waals surface area contributed by atoms with E-state index in [0.717, 1.165) is 11.3 Å². The van der Waals surface area contributed by atoms with Crippen molar-refractivity contribution in [1.29, 1.82) is 0 Å². The van der Waals surface area contributed by atoms with Crippen LogP contribution >= 0.6 is 11.6 Å². The van der Waals surface area contributed by atoms with Crippen LogP contribution in [0.3, 0.4) is 0 Å². The predicted octanol–water partition coefficient (Wildman–Crippen LogP) is 3.46. The maximum atomic E-state index is 12.3. The Kier molecular flexibility index (Phi) is 5.92. The molecule has 0 aromatic heterocycles. The molecule has 0 aliphatic carbocycles.